The van der Waals surface area contributed by atoms with Crippen LogP contribution in [0.1, 0.15) is 11.1 Å². The van der Waals surface area contributed by atoms with Crippen molar-refractivity contribution in [1.29, 1.82) is 0 Å². The van der Waals surface area contributed by atoms with Crippen molar-refractivity contribution in [2.45, 2.75) is 6.92 Å². The van der Waals surface area contributed by atoms with Crippen LogP contribution in [0.2, 0.25) is 0 Å². The first-order valence-corrected chi connectivity index (χ1v) is 6.85. The lowest BCUT2D eigenvalue weighted by molar-refractivity contribution is 0.415. The third-order valence-corrected chi connectivity index (χ3v) is 3.32. The number of phenolic OH excluding ortho intramolecular Hbond substituents is 1. The zero-order valence-corrected chi connectivity index (χ0v) is 12.9. The van der Waals surface area contributed by atoms with Gasteiger partial charge >= 0.3 is 0 Å². The highest BCUT2D eigenvalue weighted by atomic mass is 127. The van der Waals surface area contributed by atoms with E-state index in [9.17, 15) is 5.11 Å². The lowest BCUT2D eigenvalue weighted by atomic mass is 10.1. The normalized spacial score (nSPS) is 10.9. The molecule has 0 atom stereocenters. The van der Waals surface area contributed by atoms with Crippen molar-refractivity contribution < 1.29 is 9.84 Å². The molecular formula is C15H14INO2. The van der Waals surface area contributed by atoms with Gasteiger partial charge in [0.2, 0.25) is 0 Å². The molecule has 2 aromatic carbocycles. The zero-order valence-electron chi connectivity index (χ0n) is 10.7. The highest BCUT2D eigenvalue weighted by molar-refractivity contribution is 14.1. The first-order valence-electron chi connectivity index (χ1n) is 5.77. The van der Waals surface area contributed by atoms with Crippen LogP contribution in [0.4, 0.5) is 5.69 Å². The highest BCUT2D eigenvalue weighted by Gasteiger charge is 2.04. The van der Waals surface area contributed by atoms with Gasteiger partial charge in [-0.3, -0.25) is 4.99 Å². The molecule has 0 spiro atoms. The molecule has 0 saturated carbocycles. The Labute approximate surface area is 126 Å². The van der Waals surface area contributed by atoms with Gasteiger partial charge in [0.05, 0.1) is 12.8 Å². The molecule has 0 heterocycles. The molecule has 2 rings (SSSR count). The largest absolute Gasteiger partial charge is 0.507 e. The number of phenols is 1. The second kappa shape index (κ2) is 6.06. The fraction of sp³-hybridized carbons (Fsp3) is 0.133. The average Bonchev–Trinajstić information content (AvgIpc) is 2.41. The fourth-order valence-corrected chi connectivity index (χ4v) is 2.50. The van der Waals surface area contributed by atoms with Crippen molar-refractivity contribution >= 4 is 34.5 Å². The maximum atomic E-state index is 9.98. The predicted octanol–water partition coefficient (Wildman–Crippen LogP) is 4.06. The van der Waals surface area contributed by atoms with E-state index < -0.39 is 0 Å². The van der Waals surface area contributed by atoms with Crippen molar-refractivity contribution in [2.24, 2.45) is 4.99 Å². The van der Waals surface area contributed by atoms with Crippen LogP contribution in [-0.2, 0) is 0 Å². The van der Waals surface area contributed by atoms with Crippen LogP contribution in [0.25, 0.3) is 0 Å². The van der Waals surface area contributed by atoms with Crippen LogP contribution < -0.4 is 4.74 Å². The number of hydrogen-bond donors (Lipinski definition) is 1. The van der Waals surface area contributed by atoms with E-state index in [2.05, 4.69) is 27.6 Å². The number of aromatic hydroxyl groups is 1. The van der Waals surface area contributed by atoms with Crippen molar-refractivity contribution in [3.63, 3.8) is 0 Å². The maximum absolute atomic E-state index is 9.98. The van der Waals surface area contributed by atoms with E-state index in [0.717, 1.165) is 20.6 Å². The van der Waals surface area contributed by atoms with Gasteiger partial charge in [0, 0.05) is 21.4 Å². The molecule has 0 aliphatic carbocycles. The molecule has 1 N–H and O–H groups in total. The summed E-state index contributed by atoms with van der Waals surface area (Å²) in [4.78, 5) is 4.36. The van der Waals surface area contributed by atoms with Crippen molar-refractivity contribution in [3.8, 4) is 11.5 Å². The predicted molar refractivity (Wildman–Crippen MR) is 85.8 cm³/mol. The Morgan fingerprint density at radius 2 is 2.05 bits per heavy atom. The molecule has 0 radical (unpaired) electrons. The van der Waals surface area contributed by atoms with E-state index in [-0.39, 0.29) is 5.75 Å². The quantitative estimate of drug-likeness (QED) is 0.657. The summed E-state index contributed by atoms with van der Waals surface area (Å²) < 4.78 is 6.21. The van der Waals surface area contributed by atoms with Crippen molar-refractivity contribution in [2.75, 3.05) is 7.11 Å². The summed E-state index contributed by atoms with van der Waals surface area (Å²) in [5.41, 5.74) is 2.35. The molecule has 0 unspecified atom stereocenters. The van der Waals surface area contributed by atoms with Gasteiger partial charge in [0.1, 0.15) is 11.5 Å². The minimum Gasteiger partial charge on any atom is -0.507 e. The van der Waals surface area contributed by atoms with Gasteiger partial charge < -0.3 is 9.84 Å². The average molecular weight is 367 g/mol. The summed E-state index contributed by atoms with van der Waals surface area (Å²) in [6, 6.07) is 11.3. The Bertz CT molecular complexity index is 624. The molecule has 0 fully saturated rings. The standard InChI is InChI=1S/C15H14INO2/c1-10-6-12(16)7-11(15(10)18)9-17-13-4-3-5-14(8-13)19-2/h3-9,18H,1-2H3. The Kier molecular flexibility index (Phi) is 4.42. The minimum absolute atomic E-state index is 0.270. The minimum atomic E-state index is 0.270. The molecule has 98 valence electrons. The molecule has 0 saturated heterocycles. The number of halogens is 1. The van der Waals surface area contributed by atoms with E-state index in [1.165, 1.54) is 0 Å². The number of nitrogens with zero attached hydrogens (tertiary/aromatic N) is 1. The zero-order chi connectivity index (χ0) is 13.8. The highest BCUT2D eigenvalue weighted by Crippen LogP contribution is 2.25. The van der Waals surface area contributed by atoms with E-state index >= 15 is 0 Å². The van der Waals surface area contributed by atoms with Crippen molar-refractivity contribution in [1.82, 2.24) is 0 Å². The number of aliphatic imine (C=N–C) groups is 1. The van der Waals surface area contributed by atoms with Gasteiger partial charge in [-0.1, -0.05) is 6.07 Å². The SMILES string of the molecule is COc1cccc(N=Cc2cc(I)cc(C)c2O)c1. The van der Waals surface area contributed by atoms with Crippen LogP contribution in [0.3, 0.4) is 0 Å². The van der Waals surface area contributed by atoms with Gasteiger partial charge in [0.15, 0.2) is 0 Å². The molecule has 19 heavy (non-hydrogen) atoms. The van der Waals surface area contributed by atoms with Crippen LogP contribution in [0, 0.1) is 10.5 Å². The van der Waals surface area contributed by atoms with Gasteiger partial charge in [-0.25, -0.2) is 0 Å². The number of hydrogen-bond acceptors (Lipinski definition) is 3. The molecule has 0 aliphatic rings. The molecule has 0 amide bonds. The molecule has 3 nitrogen and oxygen atoms in total. The Balaban J connectivity index is 2.32. The monoisotopic (exact) mass is 367 g/mol. The van der Waals surface area contributed by atoms with E-state index in [4.69, 9.17) is 4.74 Å². The molecule has 0 aliphatic heterocycles. The first kappa shape index (κ1) is 13.9. The molecule has 2 aromatic rings. The van der Waals surface area contributed by atoms with Crippen LogP contribution >= 0.6 is 22.6 Å². The molecule has 4 heteroatoms. The van der Waals surface area contributed by atoms with Gasteiger partial charge in [-0.2, -0.15) is 0 Å². The van der Waals surface area contributed by atoms with Crippen LogP contribution in [0.5, 0.6) is 11.5 Å². The Hall–Kier alpha value is -1.56. The second-order valence-electron chi connectivity index (χ2n) is 4.12. The summed E-state index contributed by atoms with van der Waals surface area (Å²) in [6.07, 6.45) is 1.67. The number of benzene rings is 2. The maximum Gasteiger partial charge on any atom is 0.127 e. The van der Waals surface area contributed by atoms with Gasteiger partial charge in [-0.15, -0.1) is 0 Å². The number of aryl methyl sites for hydroxylation is 1. The number of rotatable bonds is 3. The van der Waals surface area contributed by atoms with E-state index in [1.807, 2.05) is 43.3 Å². The van der Waals surface area contributed by atoms with E-state index in [0.29, 0.717) is 5.56 Å². The fourth-order valence-electron chi connectivity index (χ4n) is 1.69. The van der Waals surface area contributed by atoms with Crippen molar-refractivity contribution in [3.05, 3.63) is 51.1 Å². The smallest absolute Gasteiger partial charge is 0.127 e. The lowest BCUT2D eigenvalue weighted by Gasteiger charge is -2.04. The number of ether oxygens (including phenoxy) is 1. The summed E-state index contributed by atoms with van der Waals surface area (Å²) in [5, 5.41) is 9.98. The van der Waals surface area contributed by atoms with Crippen LogP contribution in [-0.4, -0.2) is 18.4 Å². The molecular weight excluding hydrogens is 353 g/mol. The summed E-state index contributed by atoms with van der Waals surface area (Å²) in [7, 11) is 1.62. The van der Waals surface area contributed by atoms with Gasteiger partial charge in [0.25, 0.3) is 0 Å². The third kappa shape index (κ3) is 3.47. The Morgan fingerprint density at radius 1 is 1.26 bits per heavy atom. The third-order valence-electron chi connectivity index (χ3n) is 2.70. The van der Waals surface area contributed by atoms with Crippen LogP contribution in [0.15, 0.2) is 41.4 Å². The molecule has 0 bridgehead atoms. The first-order chi connectivity index (χ1) is 9.10. The number of methoxy groups -OCH3 is 1. The van der Waals surface area contributed by atoms with Gasteiger partial charge in [-0.05, 0) is 59.3 Å². The second-order valence-corrected chi connectivity index (χ2v) is 5.37. The topological polar surface area (TPSA) is 41.8 Å². The summed E-state index contributed by atoms with van der Waals surface area (Å²) >= 11 is 2.22. The summed E-state index contributed by atoms with van der Waals surface area (Å²) in [5.74, 6) is 1.03. The lowest BCUT2D eigenvalue weighted by Crippen LogP contribution is -1.88. The summed E-state index contributed by atoms with van der Waals surface area (Å²) in [6.45, 7) is 1.88. The Morgan fingerprint density at radius 3 is 2.79 bits per heavy atom. The molecule has 0 aromatic heterocycles. The van der Waals surface area contributed by atoms with E-state index in [1.54, 1.807) is 13.3 Å².